The Balaban J connectivity index is 2.90. The monoisotopic (exact) mass is 264 g/mol. The predicted molar refractivity (Wildman–Crippen MR) is 78.7 cm³/mol. The lowest BCUT2D eigenvalue weighted by Crippen LogP contribution is -2.34. The Kier molecular flexibility index (Phi) is 4.46. The highest BCUT2D eigenvalue weighted by molar-refractivity contribution is 7.80. The van der Waals surface area contributed by atoms with E-state index in [2.05, 4.69) is 20.8 Å². The quantitative estimate of drug-likeness (QED) is 0.853. The van der Waals surface area contributed by atoms with Gasteiger partial charge in [0.2, 0.25) is 0 Å². The fraction of sp³-hybridized carbons (Fsp3) is 0.429. The second-order valence-electron chi connectivity index (χ2n) is 5.67. The van der Waals surface area contributed by atoms with Crippen molar-refractivity contribution in [2.24, 2.45) is 11.1 Å². The molecule has 2 N–H and O–H groups in total. The summed E-state index contributed by atoms with van der Waals surface area (Å²) < 4.78 is 0. The van der Waals surface area contributed by atoms with Gasteiger partial charge in [0.25, 0.3) is 5.91 Å². The first kappa shape index (κ1) is 14.6. The third-order valence-electron chi connectivity index (χ3n) is 2.45. The molecule has 1 rings (SSSR count). The van der Waals surface area contributed by atoms with Gasteiger partial charge < -0.3 is 10.6 Å². The predicted octanol–water partition coefficient (Wildman–Crippen LogP) is 2.44. The second-order valence-corrected chi connectivity index (χ2v) is 6.11. The minimum Gasteiger partial charge on any atom is -0.389 e. The van der Waals surface area contributed by atoms with E-state index in [-0.39, 0.29) is 11.3 Å². The number of nitrogens with two attached hydrogens (primary N) is 1. The van der Waals surface area contributed by atoms with Gasteiger partial charge in [-0.05, 0) is 17.5 Å². The minimum atomic E-state index is -0.0111. The second kappa shape index (κ2) is 5.48. The number of nitrogens with zero attached hydrogens (tertiary/aromatic N) is 1. The maximum Gasteiger partial charge on any atom is 0.253 e. The third-order valence-corrected chi connectivity index (χ3v) is 2.69. The highest BCUT2D eigenvalue weighted by Gasteiger charge is 2.19. The summed E-state index contributed by atoms with van der Waals surface area (Å²) in [5.41, 5.74) is 6.98. The van der Waals surface area contributed by atoms with Crippen molar-refractivity contribution in [2.75, 3.05) is 13.6 Å². The molecule has 1 aromatic rings. The Hall–Kier alpha value is -1.42. The normalized spacial score (nSPS) is 11.1. The van der Waals surface area contributed by atoms with Crippen LogP contribution in [0, 0.1) is 5.41 Å². The van der Waals surface area contributed by atoms with Crippen LogP contribution in [-0.4, -0.2) is 29.4 Å². The van der Waals surface area contributed by atoms with E-state index in [0.717, 1.165) is 5.56 Å². The summed E-state index contributed by atoms with van der Waals surface area (Å²) in [5, 5.41) is 0. The molecule has 0 aliphatic rings. The van der Waals surface area contributed by atoms with E-state index in [1.807, 2.05) is 6.07 Å². The van der Waals surface area contributed by atoms with Crippen molar-refractivity contribution in [1.82, 2.24) is 4.90 Å². The lowest BCUT2D eigenvalue weighted by atomic mass is 9.96. The molecule has 0 aliphatic heterocycles. The Labute approximate surface area is 114 Å². The van der Waals surface area contributed by atoms with Crippen LogP contribution in [0.3, 0.4) is 0 Å². The lowest BCUT2D eigenvalue weighted by Gasteiger charge is -2.26. The first-order valence-electron chi connectivity index (χ1n) is 5.86. The molecule has 4 heteroatoms. The minimum absolute atomic E-state index is 0.0111. The van der Waals surface area contributed by atoms with Gasteiger partial charge in [-0.1, -0.05) is 45.1 Å². The molecule has 1 aromatic carbocycles. The van der Waals surface area contributed by atoms with E-state index in [1.165, 1.54) is 0 Å². The molecule has 0 saturated heterocycles. The topological polar surface area (TPSA) is 46.3 Å². The van der Waals surface area contributed by atoms with E-state index in [9.17, 15) is 4.79 Å². The SMILES string of the molecule is CN(CC(C)(C)C)C(=O)c1cccc(C(N)=S)c1. The number of benzene rings is 1. The Bertz CT molecular complexity index is 463. The molecule has 0 radical (unpaired) electrons. The molecule has 3 nitrogen and oxygen atoms in total. The summed E-state index contributed by atoms with van der Waals surface area (Å²) in [4.78, 5) is 14.3. The number of amides is 1. The molecule has 0 heterocycles. The van der Waals surface area contributed by atoms with E-state index >= 15 is 0 Å². The van der Waals surface area contributed by atoms with Gasteiger partial charge >= 0.3 is 0 Å². The molecule has 0 saturated carbocycles. The Morgan fingerprint density at radius 3 is 2.39 bits per heavy atom. The van der Waals surface area contributed by atoms with Crippen molar-refractivity contribution in [3.8, 4) is 0 Å². The van der Waals surface area contributed by atoms with Crippen LogP contribution >= 0.6 is 12.2 Å². The molecule has 1 amide bonds. The summed E-state index contributed by atoms with van der Waals surface area (Å²) in [6.07, 6.45) is 0. The molecular weight excluding hydrogens is 244 g/mol. The molecule has 18 heavy (non-hydrogen) atoms. The van der Waals surface area contributed by atoms with E-state index in [1.54, 1.807) is 30.1 Å². The highest BCUT2D eigenvalue weighted by atomic mass is 32.1. The maximum absolute atomic E-state index is 12.2. The van der Waals surface area contributed by atoms with Crippen LogP contribution in [0.5, 0.6) is 0 Å². The zero-order chi connectivity index (χ0) is 13.9. The molecule has 0 atom stereocenters. The average molecular weight is 264 g/mol. The van der Waals surface area contributed by atoms with Gasteiger partial charge in [0.15, 0.2) is 0 Å². The van der Waals surface area contributed by atoms with E-state index in [4.69, 9.17) is 18.0 Å². The van der Waals surface area contributed by atoms with Crippen molar-refractivity contribution >= 4 is 23.1 Å². The zero-order valence-electron chi connectivity index (χ0n) is 11.4. The van der Waals surface area contributed by atoms with Gasteiger partial charge in [0.05, 0.1) is 0 Å². The molecule has 0 aromatic heterocycles. The van der Waals surface area contributed by atoms with Crippen LogP contribution in [0.25, 0.3) is 0 Å². The van der Waals surface area contributed by atoms with Gasteiger partial charge in [-0.15, -0.1) is 0 Å². The van der Waals surface area contributed by atoms with Crippen molar-refractivity contribution in [2.45, 2.75) is 20.8 Å². The number of hydrogen-bond donors (Lipinski definition) is 1. The van der Waals surface area contributed by atoms with Gasteiger partial charge in [-0.25, -0.2) is 0 Å². The number of carbonyl (C=O) groups excluding carboxylic acids is 1. The van der Waals surface area contributed by atoms with Crippen molar-refractivity contribution < 1.29 is 4.79 Å². The van der Waals surface area contributed by atoms with Crippen LogP contribution in [-0.2, 0) is 0 Å². The third kappa shape index (κ3) is 4.11. The highest BCUT2D eigenvalue weighted by Crippen LogP contribution is 2.16. The van der Waals surface area contributed by atoms with Crippen LogP contribution < -0.4 is 5.73 Å². The van der Waals surface area contributed by atoms with Gasteiger partial charge in [-0.3, -0.25) is 4.79 Å². The summed E-state index contributed by atoms with van der Waals surface area (Å²) in [6.45, 7) is 7.00. The molecule has 0 spiro atoms. The zero-order valence-corrected chi connectivity index (χ0v) is 12.2. The number of carbonyl (C=O) groups is 1. The van der Waals surface area contributed by atoms with E-state index < -0.39 is 0 Å². The first-order chi connectivity index (χ1) is 8.20. The van der Waals surface area contributed by atoms with Crippen molar-refractivity contribution in [1.29, 1.82) is 0 Å². The standard InChI is InChI=1S/C14H20N2OS/c1-14(2,3)9-16(4)13(17)11-7-5-6-10(8-11)12(15)18/h5-8H,9H2,1-4H3,(H2,15,18). The van der Waals surface area contributed by atoms with Crippen molar-refractivity contribution in [3.05, 3.63) is 35.4 Å². The summed E-state index contributed by atoms with van der Waals surface area (Å²) in [6, 6.07) is 7.13. The molecule has 0 fully saturated rings. The summed E-state index contributed by atoms with van der Waals surface area (Å²) in [5.74, 6) is -0.0111. The molecular formula is C14H20N2OS. The Morgan fingerprint density at radius 2 is 1.89 bits per heavy atom. The van der Waals surface area contributed by atoms with Gasteiger partial charge in [-0.2, -0.15) is 0 Å². The lowest BCUT2D eigenvalue weighted by molar-refractivity contribution is 0.0745. The smallest absolute Gasteiger partial charge is 0.253 e. The largest absolute Gasteiger partial charge is 0.389 e. The van der Waals surface area contributed by atoms with Crippen LogP contribution in [0.15, 0.2) is 24.3 Å². The summed E-state index contributed by atoms with van der Waals surface area (Å²) in [7, 11) is 1.81. The van der Waals surface area contributed by atoms with Crippen LogP contribution in [0.1, 0.15) is 36.7 Å². The average Bonchev–Trinajstić information content (AvgIpc) is 2.26. The number of thiocarbonyl (C=S) groups is 1. The fourth-order valence-electron chi connectivity index (χ4n) is 1.81. The number of rotatable bonds is 3. The fourth-order valence-corrected chi connectivity index (χ4v) is 1.94. The molecule has 0 aliphatic carbocycles. The van der Waals surface area contributed by atoms with E-state index in [0.29, 0.717) is 17.1 Å². The Morgan fingerprint density at radius 1 is 1.33 bits per heavy atom. The van der Waals surface area contributed by atoms with Crippen LogP contribution in [0.4, 0.5) is 0 Å². The van der Waals surface area contributed by atoms with Gasteiger partial charge in [0, 0.05) is 24.7 Å². The van der Waals surface area contributed by atoms with Gasteiger partial charge in [0.1, 0.15) is 4.99 Å². The number of hydrogen-bond acceptors (Lipinski definition) is 2. The maximum atomic E-state index is 12.2. The summed E-state index contributed by atoms with van der Waals surface area (Å²) >= 11 is 4.91. The molecule has 0 bridgehead atoms. The first-order valence-corrected chi connectivity index (χ1v) is 6.27. The van der Waals surface area contributed by atoms with Crippen LogP contribution in [0.2, 0.25) is 0 Å². The molecule has 0 unspecified atom stereocenters. The molecule has 98 valence electrons. The van der Waals surface area contributed by atoms with Crippen molar-refractivity contribution in [3.63, 3.8) is 0 Å².